The van der Waals surface area contributed by atoms with Crippen LogP contribution in [0.25, 0.3) is 27.9 Å². The molecule has 0 amide bonds. The Bertz CT molecular complexity index is 939. The Morgan fingerprint density at radius 1 is 1.30 bits per heavy atom. The predicted molar refractivity (Wildman–Crippen MR) is 70.2 cm³/mol. The molecular weight excluding hydrogens is 261 g/mol. The summed E-state index contributed by atoms with van der Waals surface area (Å²) in [4.78, 5) is 15.1. The van der Waals surface area contributed by atoms with Gasteiger partial charge in [0, 0.05) is 17.1 Å². The highest BCUT2D eigenvalue weighted by Crippen LogP contribution is 2.26. The first-order chi connectivity index (χ1) is 9.72. The van der Waals surface area contributed by atoms with Gasteiger partial charge in [-0.2, -0.15) is 0 Å². The van der Waals surface area contributed by atoms with Gasteiger partial charge in [-0.15, -0.1) is 5.10 Å². The average molecular weight is 269 g/mol. The van der Waals surface area contributed by atoms with E-state index in [0.717, 1.165) is 6.20 Å². The molecular formula is C12H8FN7. The average Bonchev–Trinajstić information content (AvgIpc) is 3.04. The number of imidazole rings is 1. The van der Waals surface area contributed by atoms with E-state index in [9.17, 15) is 4.39 Å². The molecule has 4 heterocycles. The number of halogens is 1. The quantitative estimate of drug-likeness (QED) is 0.544. The highest BCUT2D eigenvalue weighted by molar-refractivity contribution is 5.91. The lowest BCUT2D eigenvalue weighted by Crippen LogP contribution is -2.02. The van der Waals surface area contributed by atoms with Crippen LogP contribution in [-0.4, -0.2) is 29.5 Å². The van der Waals surface area contributed by atoms with Crippen molar-refractivity contribution in [1.82, 2.24) is 29.5 Å². The van der Waals surface area contributed by atoms with Crippen LogP contribution in [-0.2, 0) is 0 Å². The first-order valence-corrected chi connectivity index (χ1v) is 5.81. The molecule has 4 aromatic rings. The maximum Gasteiger partial charge on any atom is 0.184 e. The van der Waals surface area contributed by atoms with Gasteiger partial charge in [0.25, 0.3) is 0 Å². The van der Waals surface area contributed by atoms with Crippen molar-refractivity contribution in [3.63, 3.8) is 0 Å². The Kier molecular flexibility index (Phi) is 2.02. The summed E-state index contributed by atoms with van der Waals surface area (Å²) in [6.07, 6.45) is 5.94. The summed E-state index contributed by atoms with van der Waals surface area (Å²) in [5.74, 6) is 0.271. The van der Waals surface area contributed by atoms with Gasteiger partial charge in [0.05, 0.1) is 12.4 Å². The smallest absolute Gasteiger partial charge is 0.184 e. The molecule has 98 valence electrons. The summed E-state index contributed by atoms with van der Waals surface area (Å²) in [6, 6.07) is 1.38. The van der Waals surface area contributed by atoms with E-state index in [1.807, 2.05) is 0 Å². The lowest BCUT2D eigenvalue weighted by molar-refractivity contribution is 0.624. The van der Waals surface area contributed by atoms with E-state index in [4.69, 9.17) is 5.73 Å². The molecule has 0 aliphatic carbocycles. The molecule has 0 aliphatic rings. The SMILES string of the molecule is Nc1nc(-c2c[nH]c3ncc(F)cc23)nn2cncc12. The van der Waals surface area contributed by atoms with Gasteiger partial charge in [-0.1, -0.05) is 0 Å². The fourth-order valence-electron chi connectivity index (χ4n) is 2.12. The molecule has 0 aliphatic heterocycles. The molecule has 0 saturated heterocycles. The summed E-state index contributed by atoms with van der Waals surface area (Å²) < 4.78 is 14.9. The maximum absolute atomic E-state index is 13.3. The molecule has 0 radical (unpaired) electrons. The third-order valence-corrected chi connectivity index (χ3v) is 3.05. The number of pyridine rings is 1. The number of nitrogens with zero attached hydrogens (tertiary/aromatic N) is 5. The zero-order valence-corrected chi connectivity index (χ0v) is 10.1. The number of fused-ring (bicyclic) bond motifs is 2. The fraction of sp³-hybridized carbons (Fsp3) is 0. The summed E-state index contributed by atoms with van der Waals surface area (Å²) in [6.45, 7) is 0. The number of hydrogen-bond donors (Lipinski definition) is 2. The van der Waals surface area contributed by atoms with Crippen molar-refractivity contribution in [1.29, 1.82) is 0 Å². The van der Waals surface area contributed by atoms with Crippen LogP contribution < -0.4 is 5.73 Å². The largest absolute Gasteiger partial charge is 0.382 e. The monoisotopic (exact) mass is 269 g/mol. The zero-order valence-electron chi connectivity index (χ0n) is 10.1. The van der Waals surface area contributed by atoms with Gasteiger partial charge in [0.15, 0.2) is 11.6 Å². The Morgan fingerprint density at radius 3 is 3.10 bits per heavy atom. The molecule has 0 atom stereocenters. The van der Waals surface area contributed by atoms with E-state index in [0.29, 0.717) is 33.8 Å². The van der Waals surface area contributed by atoms with E-state index >= 15 is 0 Å². The Balaban J connectivity index is 2.03. The standard InChI is InChI=1S/C12H8FN7/c13-6-1-7-8(3-17-11(7)16-2-6)12-18-10(14)9-4-15-5-20(9)19-12/h1-5H,(H,16,17)(H2,14,18,19). The van der Waals surface area contributed by atoms with Crippen molar-refractivity contribution >= 4 is 22.4 Å². The van der Waals surface area contributed by atoms with Crippen LogP contribution in [0, 0.1) is 5.82 Å². The molecule has 8 heteroatoms. The summed E-state index contributed by atoms with van der Waals surface area (Å²) in [7, 11) is 0. The first-order valence-electron chi connectivity index (χ1n) is 5.81. The molecule has 0 unspecified atom stereocenters. The van der Waals surface area contributed by atoms with Crippen molar-refractivity contribution in [2.45, 2.75) is 0 Å². The van der Waals surface area contributed by atoms with Crippen molar-refractivity contribution in [2.75, 3.05) is 5.73 Å². The minimum atomic E-state index is -0.421. The van der Waals surface area contributed by atoms with Crippen LogP contribution in [0.3, 0.4) is 0 Å². The predicted octanol–water partition coefficient (Wildman–Crippen LogP) is 1.39. The first kappa shape index (κ1) is 10.9. The van der Waals surface area contributed by atoms with Gasteiger partial charge in [0.2, 0.25) is 0 Å². The number of nitrogen functional groups attached to an aromatic ring is 1. The molecule has 4 aromatic heterocycles. The van der Waals surface area contributed by atoms with Crippen LogP contribution in [0.15, 0.2) is 31.0 Å². The molecule has 0 aromatic carbocycles. The van der Waals surface area contributed by atoms with E-state index < -0.39 is 5.82 Å². The van der Waals surface area contributed by atoms with Crippen molar-refractivity contribution in [2.24, 2.45) is 0 Å². The van der Waals surface area contributed by atoms with Gasteiger partial charge < -0.3 is 10.7 Å². The second-order valence-electron chi connectivity index (χ2n) is 4.30. The Hall–Kier alpha value is -3.03. The second-order valence-corrected chi connectivity index (χ2v) is 4.30. The molecule has 0 saturated carbocycles. The van der Waals surface area contributed by atoms with E-state index in [1.165, 1.54) is 16.9 Å². The van der Waals surface area contributed by atoms with E-state index in [-0.39, 0.29) is 0 Å². The molecule has 0 bridgehead atoms. The molecule has 4 rings (SSSR count). The summed E-state index contributed by atoms with van der Waals surface area (Å²) in [5.41, 5.74) is 7.69. The Labute approximate surface area is 111 Å². The van der Waals surface area contributed by atoms with Gasteiger partial charge in [-0.25, -0.2) is 23.9 Å². The highest BCUT2D eigenvalue weighted by atomic mass is 19.1. The zero-order chi connectivity index (χ0) is 13.7. The molecule has 0 spiro atoms. The summed E-state index contributed by atoms with van der Waals surface area (Å²) in [5, 5.41) is 4.91. The Morgan fingerprint density at radius 2 is 2.20 bits per heavy atom. The number of nitrogens with two attached hydrogens (primary N) is 1. The second kappa shape index (κ2) is 3.73. The number of anilines is 1. The van der Waals surface area contributed by atoms with E-state index in [2.05, 4.69) is 25.0 Å². The number of aromatic nitrogens is 6. The number of rotatable bonds is 1. The van der Waals surface area contributed by atoms with Crippen LogP contribution >= 0.6 is 0 Å². The van der Waals surface area contributed by atoms with Crippen LogP contribution in [0.4, 0.5) is 10.2 Å². The number of aromatic amines is 1. The minimum Gasteiger partial charge on any atom is -0.382 e. The lowest BCUT2D eigenvalue weighted by Gasteiger charge is -2.02. The van der Waals surface area contributed by atoms with Crippen LogP contribution in [0.1, 0.15) is 0 Å². The fourth-order valence-corrected chi connectivity index (χ4v) is 2.12. The van der Waals surface area contributed by atoms with Crippen LogP contribution in [0.2, 0.25) is 0 Å². The van der Waals surface area contributed by atoms with Crippen molar-refractivity contribution in [3.05, 3.63) is 36.8 Å². The minimum absolute atomic E-state index is 0.311. The van der Waals surface area contributed by atoms with Crippen LogP contribution in [0.5, 0.6) is 0 Å². The molecule has 3 N–H and O–H groups in total. The lowest BCUT2D eigenvalue weighted by atomic mass is 10.2. The van der Waals surface area contributed by atoms with Crippen molar-refractivity contribution in [3.8, 4) is 11.4 Å². The van der Waals surface area contributed by atoms with Gasteiger partial charge in [-0.3, -0.25) is 0 Å². The molecule has 7 nitrogen and oxygen atoms in total. The maximum atomic E-state index is 13.3. The van der Waals surface area contributed by atoms with Crippen molar-refractivity contribution < 1.29 is 4.39 Å². The topological polar surface area (TPSA) is 97.8 Å². The third-order valence-electron chi connectivity index (χ3n) is 3.05. The van der Waals surface area contributed by atoms with E-state index in [1.54, 1.807) is 12.4 Å². The molecule has 0 fully saturated rings. The molecule has 20 heavy (non-hydrogen) atoms. The van der Waals surface area contributed by atoms with Gasteiger partial charge in [0.1, 0.15) is 23.3 Å². The highest BCUT2D eigenvalue weighted by Gasteiger charge is 2.13. The third kappa shape index (κ3) is 1.44. The van der Waals surface area contributed by atoms with Gasteiger partial charge >= 0.3 is 0 Å². The summed E-state index contributed by atoms with van der Waals surface area (Å²) >= 11 is 0. The number of hydrogen-bond acceptors (Lipinski definition) is 5. The van der Waals surface area contributed by atoms with Gasteiger partial charge in [-0.05, 0) is 6.07 Å². The number of nitrogens with one attached hydrogen (secondary N) is 1. The number of H-pyrrole nitrogens is 1. The normalized spacial score (nSPS) is 11.4.